The van der Waals surface area contributed by atoms with Crippen molar-refractivity contribution in [2.75, 3.05) is 4.90 Å². The molecule has 13 rings (SSSR count). The van der Waals surface area contributed by atoms with Crippen molar-refractivity contribution in [3.63, 3.8) is 0 Å². The highest BCUT2D eigenvalue weighted by molar-refractivity contribution is 7.25. The monoisotopic (exact) mass is 781 g/mol. The van der Waals surface area contributed by atoms with Gasteiger partial charge in [0.2, 0.25) is 0 Å². The van der Waals surface area contributed by atoms with E-state index < -0.39 is 5.41 Å². The van der Waals surface area contributed by atoms with Crippen molar-refractivity contribution < 1.29 is 4.74 Å². The van der Waals surface area contributed by atoms with Gasteiger partial charge in [-0.2, -0.15) is 0 Å². The molecule has 2 nitrogen and oxygen atoms in total. The van der Waals surface area contributed by atoms with E-state index in [0.717, 1.165) is 39.3 Å². The van der Waals surface area contributed by atoms with Crippen LogP contribution in [-0.4, -0.2) is 0 Å². The Kier molecular flexibility index (Phi) is 7.13. The topological polar surface area (TPSA) is 12.5 Å². The van der Waals surface area contributed by atoms with E-state index in [-0.39, 0.29) is 0 Å². The standard InChI is InChI=1S/C57H35NOS/c1-2-15-39(16-3-1)58(41-31-32-46-45-19-9-11-24-52(45)60-53(46)35-41)40-29-25-38(26-30-40)42-21-12-23-49-54(42)47-20-8-10-22-48(47)57(49)50-33-27-36-13-4-6-17-43(36)55(50)59-56-44-18-7-5-14-37(44)28-34-51(56)57/h1-35H. The first-order chi connectivity index (χ1) is 29.8. The molecule has 0 saturated carbocycles. The van der Waals surface area contributed by atoms with E-state index in [2.05, 4.69) is 217 Å². The summed E-state index contributed by atoms with van der Waals surface area (Å²) < 4.78 is 9.78. The van der Waals surface area contributed by atoms with Crippen molar-refractivity contribution in [1.82, 2.24) is 0 Å². The summed E-state index contributed by atoms with van der Waals surface area (Å²) in [5, 5.41) is 7.20. The number of thiophene rings is 1. The maximum atomic E-state index is 7.18. The molecule has 0 N–H and O–H groups in total. The molecule has 0 amide bonds. The lowest BCUT2D eigenvalue weighted by Gasteiger charge is -2.40. The molecule has 3 heteroatoms. The van der Waals surface area contributed by atoms with Gasteiger partial charge in [-0.3, -0.25) is 0 Å². The molecule has 0 fully saturated rings. The number of rotatable bonds is 4. The summed E-state index contributed by atoms with van der Waals surface area (Å²) in [7, 11) is 0. The first-order valence-corrected chi connectivity index (χ1v) is 21.4. The fraction of sp³-hybridized carbons (Fsp3) is 0.0175. The number of hydrogen-bond donors (Lipinski definition) is 0. The van der Waals surface area contributed by atoms with Crippen LogP contribution in [0.4, 0.5) is 17.1 Å². The van der Waals surface area contributed by atoms with Gasteiger partial charge in [0.15, 0.2) is 0 Å². The third-order valence-corrected chi connectivity index (χ3v) is 14.0. The molecule has 10 aromatic carbocycles. The summed E-state index contributed by atoms with van der Waals surface area (Å²) in [6.45, 7) is 0. The van der Waals surface area contributed by atoms with Crippen LogP contribution in [0.5, 0.6) is 11.5 Å². The lowest BCUT2D eigenvalue weighted by molar-refractivity contribution is 0.447. The lowest BCUT2D eigenvalue weighted by atomic mass is 9.65. The van der Waals surface area contributed by atoms with Crippen molar-refractivity contribution in [2.45, 2.75) is 5.41 Å². The zero-order chi connectivity index (χ0) is 39.4. The van der Waals surface area contributed by atoms with Crippen LogP contribution in [0, 0.1) is 0 Å². The number of fused-ring (bicyclic) bond motifs is 16. The van der Waals surface area contributed by atoms with Gasteiger partial charge in [-0.05, 0) is 86.6 Å². The molecule has 0 unspecified atom stereocenters. The summed E-state index contributed by atoms with van der Waals surface area (Å²) in [5.74, 6) is 1.87. The lowest BCUT2D eigenvalue weighted by Crippen LogP contribution is -2.32. The van der Waals surface area contributed by atoms with Gasteiger partial charge >= 0.3 is 0 Å². The van der Waals surface area contributed by atoms with E-state index in [1.165, 1.54) is 75.5 Å². The first-order valence-electron chi connectivity index (χ1n) is 20.6. The van der Waals surface area contributed by atoms with E-state index in [9.17, 15) is 0 Å². The molecule has 280 valence electrons. The van der Waals surface area contributed by atoms with E-state index in [1.54, 1.807) is 0 Å². The molecule has 1 aliphatic carbocycles. The predicted molar refractivity (Wildman–Crippen MR) is 252 cm³/mol. The molecular weight excluding hydrogens is 747 g/mol. The molecule has 1 spiro atoms. The molecule has 0 atom stereocenters. The van der Waals surface area contributed by atoms with Crippen molar-refractivity contribution in [3.8, 4) is 33.8 Å². The Hall–Kier alpha value is -7.46. The number of ether oxygens (including phenoxy) is 1. The van der Waals surface area contributed by atoms with Crippen molar-refractivity contribution in [1.29, 1.82) is 0 Å². The SMILES string of the molecule is c1ccc(N(c2ccc(-c3cccc4c3-c3ccccc3C43c4ccc5ccccc5c4Oc4c3ccc3ccccc43)cc2)c2ccc3c(c2)sc2ccccc23)cc1. The van der Waals surface area contributed by atoms with Crippen LogP contribution in [0.3, 0.4) is 0 Å². The van der Waals surface area contributed by atoms with Crippen LogP contribution in [0.15, 0.2) is 212 Å². The van der Waals surface area contributed by atoms with Crippen molar-refractivity contribution in [3.05, 3.63) is 235 Å². The van der Waals surface area contributed by atoms with Crippen LogP contribution >= 0.6 is 11.3 Å². The minimum Gasteiger partial charge on any atom is -0.455 e. The minimum atomic E-state index is -0.589. The van der Waals surface area contributed by atoms with Gasteiger partial charge in [-0.15, -0.1) is 11.3 Å². The maximum Gasteiger partial charge on any atom is 0.140 e. The minimum absolute atomic E-state index is 0.589. The van der Waals surface area contributed by atoms with Crippen LogP contribution in [0.1, 0.15) is 22.3 Å². The van der Waals surface area contributed by atoms with Crippen molar-refractivity contribution >= 4 is 70.1 Å². The average Bonchev–Trinajstić information content (AvgIpc) is 3.83. The maximum absolute atomic E-state index is 7.18. The average molecular weight is 782 g/mol. The highest BCUT2D eigenvalue weighted by Crippen LogP contribution is 2.65. The molecule has 0 saturated heterocycles. The normalized spacial score (nSPS) is 13.3. The van der Waals surface area contributed by atoms with Gasteiger partial charge < -0.3 is 9.64 Å². The smallest absolute Gasteiger partial charge is 0.140 e. The molecule has 11 aromatic rings. The Morgan fingerprint density at radius 3 is 1.68 bits per heavy atom. The molecule has 2 heterocycles. The van der Waals surface area contributed by atoms with E-state index in [1.807, 2.05) is 11.3 Å². The largest absolute Gasteiger partial charge is 0.455 e. The third kappa shape index (κ3) is 4.64. The highest BCUT2D eigenvalue weighted by atomic mass is 32.1. The molecule has 0 bridgehead atoms. The summed E-state index contributed by atoms with van der Waals surface area (Å²) in [5.41, 5.74) is 12.6. The Bertz CT molecular complexity index is 3440. The molecule has 2 aliphatic rings. The first kappa shape index (κ1) is 33.5. The fourth-order valence-corrected chi connectivity index (χ4v) is 11.5. The van der Waals surface area contributed by atoms with Crippen LogP contribution in [0.2, 0.25) is 0 Å². The van der Waals surface area contributed by atoms with Crippen molar-refractivity contribution in [2.24, 2.45) is 0 Å². The number of benzene rings is 10. The number of hydrogen-bond acceptors (Lipinski definition) is 3. The van der Waals surface area contributed by atoms with Gasteiger partial charge in [-0.1, -0.05) is 170 Å². The molecular formula is C57H35NOS. The molecule has 1 aromatic heterocycles. The molecule has 0 radical (unpaired) electrons. The Morgan fingerprint density at radius 2 is 0.933 bits per heavy atom. The van der Waals surface area contributed by atoms with Crippen LogP contribution < -0.4 is 9.64 Å². The highest BCUT2D eigenvalue weighted by Gasteiger charge is 2.52. The second-order valence-electron chi connectivity index (χ2n) is 15.9. The fourth-order valence-electron chi connectivity index (χ4n) is 10.4. The summed E-state index contributed by atoms with van der Waals surface area (Å²) in [4.78, 5) is 2.37. The number of nitrogens with zero attached hydrogens (tertiary/aromatic N) is 1. The summed E-state index contributed by atoms with van der Waals surface area (Å²) in [6, 6.07) is 77.9. The van der Waals surface area contributed by atoms with Gasteiger partial charge in [0.05, 0.1) is 5.41 Å². The number of para-hydroxylation sites is 1. The zero-order valence-corrected chi connectivity index (χ0v) is 33.3. The zero-order valence-electron chi connectivity index (χ0n) is 32.5. The Balaban J connectivity index is 1.01. The van der Waals surface area contributed by atoms with Gasteiger partial charge in [0, 0.05) is 59.1 Å². The van der Waals surface area contributed by atoms with Crippen LogP contribution in [0.25, 0.3) is 64.0 Å². The van der Waals surface area contributed by atoms with Gasteiger partial charge in [-0.25, -0.2) is 0 Å². The quantitative estimate of drug-likeness (QED) is 0.176. The van der Waals surface area contributed by atoms with E-state index >= 15 is 0 Å². The summed E-state index contributed by atoms with van der Waals surface area (Å²) in [6.07, 6.45) is 0. The van der Waals surface area contributed by atoms with Crippen LogP contribution in [-0.2, 0) is 5.41 Å². The van der Waals surface area contributed by atoms with Gasteiger partial charge in [0.1, 0.15) is 11.5 Å². The molecule has 1 aliphatic heterocycles. The van der Waals surface area contributed by atoms with E-state index in [0.29, 0.717) is 0 Å². The predicted octanol–water partition coefficient (Wildman–Crippen LogP) is 16.0. The molecule has 60 heavy (non-hydrogen) atoms. The Labute approximate surface area is 351 Å². The second-order valence-corrected chi connectivity index (χ2v) is 17.0. The Morgan fingerprint density at radius 1 is 0.367 bits per heavy atom. The number of anilines is 3. The van der Waals surface area contributed by atoms with E-state index in [4.69, 9.17) is 4.74 Å². The third-order valence-electron chi connectivity index (χ3n) is 12.9. The van der Waals surface area contributed by atoms with Gasteiger partial charge in [0.25, 0.3) is 0 Å². The summed E-state index contributed by atoms with van der Waals surface area (Å²) >= 11 is 1.86. The second kappa shape index (κ2) is 12.8.